The van der Waals surface area contributed by atoms with Gasteiger partial charge in [0.1, 0.15) is 6.04 Å². The number of amides is 2. The molecule has 2 heterocycles. The number of hydrogen-bond acceptors (Lipinski definition) is 7. The standard InChI is InChI=1S/C22H27N3O5S/c1-13-20(31-12-24-13)17-6-4-5-16(7-8-17)10-23-21(28)19-9-18(27)11-25(19)22(29)14(2)30-15(3)26/h4-5,7-8,12,14,18-19,27H,6,9-11H2,1-3H3,(H,23,28)/t14-,18+,19-/m0/s1. The van der Waals surface area contributed by atoms with Crippen LogP contribution >= 0.6 is 11.3 Å². The van der Waals surface area contributed by atoms with Gasteiger partial charge in [0.2, 0.25) is 5.91 Å². The van der Waals surface area contributed by atoms with E-state index in [0.717, 1.165) is 22.6 Å². The van der Waals surface area contributed by atoms with Crippen LogP contribution in [0, 0.1) is 6.92 Å². The summed E-state index contributed by atoms with van der Waals surface area (Å²) >= 11 is 1.61. The average molecular weight is 446 g/mol. The molecule has 8 nitrogen and oxygen atoms in total. The number of nitrogens with one attached hydrogen (secondary N) is 1. The molecule has 2 amide bonds. The Morgan fingerprint density at radius 2 is 2.16 bits per heavy atom. The highest BCUT2D eigenvalue weighted by Crippen LogP contribution is 2.28. The molecule has 1 aromatic rings. The third kappa shape index (κ3) is 5.68. The molecular weight excluding hydrogens is 418 g/mol. The molecule has 1 aliphatic heterocycles. The van der Waals surface area contributed by atoms with Crippen molar-refractivity contribution >= 4 is 34.7 Å². The predicted molar refractivity (Wildman–Crippen MR) is 117 cm³/mol. The van der Waals surface area contributed by atoms with E-state index in [2.05, 4.69) is 10.3 Å². The Morgan fingerprint density at radius 3 is 2.84 bits per heavy atom. The number of allylic oxidation sites excluding steroid dienone is 4. The molecule has 2 aliphatic rings. The molecule has 9 heteroatoms. The van der Waals surface area contributed by atoms with Crippen LogP contribution in [0.2, 0.25) is 0 Å². The number of aliphatic hydroxyl groups is 1. The number of rotatable bonds is 6. The summed E-state index contributed by atoms with van der Waals surface area (Å²) < 4.78 is 4.93. The van der Waals surface area contributed by atoms with Crippen molar-refractivity contribution in [2.45, 2.75) is 51.9 Å². The van der Waals surface area contributed by atoms with E-state index >= 15 is 0 Å². The second kappa shape index (κ2) is 10.0. The van der Waals surface area contributed by atoms with Crippen molar-refractivity contribution < 1.29 is 24.2 Å². The van der Waals surface area contributed by atoms with Crippen LogP contribution < -0.4 is 5.32 Å². The zero-order valence-electron chi connectivity index (χ0n) is 17.8. The first-order valence-electron chi connectivity index (χ1n) is 10.2. The quantitative estimate of drug-likeness (QED) is 0.646. The van der Waals surface area contributed by atoms with Crippen molar-refractivity contribution in [1.82, 2.24) is 15.2 Å². The van der Waals surface area contributed by atoms with Gasteiger partial charge in [-0.05, 0) is 31.4 Å². The van der Waals surface area contributed by atoms with Gasteiger partial charge in [0.05, 0.1) is 22.2 Å². The molecule has 1 aliphatic carbocycles. The molecule has 0 bridgehead atoms. The fourth-order valence-corrected chi connectivity index (χ4v) is 4.55. The SMILES string of the molecule is CC(=O)O[C@@H](C)C(=O)N1C[C@H](O)C[C@H]1C(=O)NCC1=CC=C(c2scnc2C)CC=C1. The van der Waals surface area contributed by atoms with E-state index in [-0.39, 0.29) is 18.9 Å². The Morgan fingerprint density at radius 1 is 1.39 bits per heavy atom. The largest absolute Gasteiger partial charge is 0.453 e. The summed E-state index contributed by atoms with van der Waals surface area (Å²) in [5, 5.41) is 12.9. The van der Waals surface area contributed by atoms with E-state index in [1.54, 1.807) is 11.3 Å². The number of hydrogen-bond donors (Lipinski definition) is 2. The summed E-state index contributed by atoms with van der Waals surface area (Å²) in [7, 11) is 0. The molecule has 0 spiro atoms. The minimum Gasteiger partial charge on any atom is -0.453 e. The van der Waals surface area contributed by atoms with Gasteiger partial charge in [-0.25, -0.2) is 4.98 Å². The molecule has 0 aromatic carbocycles. The molecule has 31 heavy (non-hydrogen) atoms. The molecule has 3 atom stereocenters. The average Bonchev–Trinajstić information content (AvgIpc) is 3.23. The number of esters is 1. The Bertz CT molecular complexity index is 949. The summed E-state index contributed by atoms with van der Waals surface area (Å²) in [6, 6.07) is -0.804. The van der Waals surface area contributed by atoms with Crippen LogP contribution in [-0.2, 0) is 19.1 Å². The Kier molecular flexibility index (Phi) is 7.40. The second-order valence-corrected chi connectivity index (χ2v) is 8.53. The van der Waals surface area contributed by atoms with Crippen LogP contribution in [0.1, 0.15) is 37.3 Å². The van der Waals surface area contributed by atoms with Crippen molar-refractivity contribution in [2.75, 3.05) is 13.1 Å². The van der Waals surface area contributed by atoms with Crippen molar-refractivity contribution in [1.29, 1.82) is 0 Å². The topological polar surface area (TPSA) is 109 Å². The molecule has 0 saturated carbocycles. The lowest BCUT2D eigenvalue weighted by molar-refractivity contribution is -0.158. The van der Waals surface area contributed by atoms with Gasteiger partial charge in [-0.15, -0.1) is 11.3 Å². The van der Waals surface area contributed by atoms with Gasteiger partial charge in [-0.2, -0.15) is 0 Å². The van der Waals surface area contributed by atoms with Gasteiger partial charge >= 0.3 is 5.97 Å². The highest BCUT2D eigenvalue weighted by atomic mass is 32.1. The molecule has 166 valence electrons. The molecule has 0 radical (unpaired) electrons. The van der Waals surface area contributed by atoms with E-state index in [0.29, 0.717) is 6.54 Å². The Labute approximate surface area is 185 Å². The maximum atomic E-state index is 12.8. The van der Waals surface area contributed by atoms with Gasteiger partial charge in [-0.1, -0.05) is 24.3 Å². The highest BCUT2D eigenvalue weighted by molar-refractivity contribution is 7.10. The molecule has 3 rings (SSSR count). The fourth-order valence-electron chi connectivity index (χ4n) is 3.71. The van der Waals surface area contributed by atoms with Gasteiger partial charge in [-0.3, -0.25) is 14.4 Å². The fraction of sp³-hybridized carbons (Fsp3) is 0.455. The van der Waals surface area contributed by atoms with Crippen molar-refractivity contribution in [2.24, 2.45) is 0 Å². The number of ether oxygens (including phenoxy) is 1. The number of aryl methyl sites for hydroxylation is 1. The predicted octanol–water partition coefficient (Wildman–Crippen LogP) is 1.75. The van der Waals surface area contributed by atoms with Crippen molar-refractivity contribution in [3.05, 3.63) is 46.0 Å². The van der Waals surface area contributed by atoms with E-state index in [1.807, 2.05) is 36.7 Å². The van der Waals surface area contributed by atoms with Crippen LogP contribution in [0.3, 0.4) is 0 Å². The molecule has 0 unspecified atom stereocenters. The lowest BCUT2D eigenvalue weighted by Crippen LogP contribution is -2.49. The van der Waals surface area contributed by atoms with Gasteiger partial charge < -0.3 is 20.1 Å². The lowest BCUT2D eigenvalue weighted by Gasteiger charge is -2.26. The lowest BCUT2D eigenvalue weighted by atomic mass is 10.1. The monoisotopic (exact) mass is 445 g/mol. The number of aliphatic hydroxyl groups excluding tert-OH is 1. The van der Waals surface area contributed by atoms with Crippen molar-refractivity contribution in [3.63, 3.8) is 0 Å². The zero-order valence-corrected chi connectivity index (χ0v) is 18.6. The summed E-state index contributed by atoms with van der Waals surface area (Å²) in [5.74, 6) is -1.41. The van der Waals surface area contributed by atoms with Crippen molar-refractivity contribution in [3.8, 4) is 0 Å². The molecule has 2 N–H and O–H groups in total. The minimum atomic E-state index is -1.01. The smallest absolute Gasteiger partial charge is 0.303 e. The van der Waals surface area contributed by atoms with E-state index in [4.69, 9.17) is 4.74 Å². The van der Waals surface area contributed by atoms with Crippen LogP contribution in [-0.4, -0.2) is 64.1 Å². The van der Waals surface area contributed by atoms with Gasteiger partial charge in [0.25, 0.3) is 5.91 Å². The van der Waals surface area contributed by atoms with Gasteiger partial charge in [0.15, 0.2) is 6.10 Å². The number of carbonyl (C=O) groups is 3. The van der Waals surface area contributed by atoms with Gasteiger partial charge in [0, 0.05) is 26.4 Å². The van der Waals surface area contributed by atoms with E-state index < -0.39 is 30.1 Å². The summed E-state index contributed by atoms with van der Waals surface area (Å²) in [4.78, 5) is 43.2. The second-order valence-electron chi connectivity index (χ2n) is 7.67. The third-order valence-electron chi connectivity index (χ3n) is 5.23. The van der Waals surface area contributed by atoms with Crippen LogP contribution in [0.15, 0.2) is 35.4 Å². The third-order valence-corrected chi connectivity index (χ3v) is 6.23. The minimum absolute atomic E-state index is 0.0332. The van der Waals surface area contributed by atoms with Crippen LogP contribution in [0.4, 0.5) is 0 Å². The first-order chi connectivity index (χ1) is 14.8. The normalized spacial score (nSPS) is 21.7. The number of aromatic nitrogens is 1. The molecule has 1 fully saturated rings. The maximum absolute atomic E-state index is 12.8. The Balaban J connectivity index is 1.63. The summed E-state index contributed by atoms with van der Waals surface area (Å²) in [6.07, 6.45) is 7.14. The number of likely N-dealkylation sites (tertiary alicyclic amines) is 1. The van der Waals surface area contributed by atoms with E-state index in [9.17, 15) is 19.5 Å². The summed E-state index contributed by atoms with van der Waals surface area (Å²) in [5.41, 5.74) is 4.93. The molecular formula is C22H27N3O5S. The van der Waals surface area contributed by atoms with Crippen LogP contribution in [0.5, 0.6) is 0 Å². The maximum Gasteiger partial charge on any atom is 0.303 e. The number of carbonyl (C=O) groups excluding carboxylic acids is 3. The zero-order chi connectivity index (χ0) is 22.5. The number of thiazole rings is 1. The Hall–Kier alpha value is -2.78. The van der Waals surface area contributed by atoms with Crippen LogP contribution in [0.25, 0.3) is 5.57 Å². The number of β-amino-alcohol motifs (C(OH)–C–C–N with tert-alkyl or cyclic N) is 1. The highest BCUT2D eigenvalue weighted by Gasteiger charge is 2.40. The first kappa shape index (κ1) is 22.9. The molecule has 1 aromatic heterocycles. The summed E-state index contributed by atoms with van der Waals surface area (Å²) in [6.45, 7) is 4.99. The number of nitrogens with zero attached hydrogens (tertiary/aromatic N) is 2. The first-order valence-corrected chi connectivity index (χ1v) is 11.0. The molecule has 1 saturated heterocycles. The van der Waals surface area contributed by atoms with E-state index in [1.165, 1.54) is 24.3 Å².